The van der Waals surface area contributed by atoms with Crippen molar-refractivity contribution in [3.8, 4) is 11.5 Å². The summed E-state index contributed by atoms with van der Waals surface area (Å²) in [6, 6.07) is 6.28. The third-order valence-corrected chi connectivity index (χ3v) is 4.24. The maximum atomic E-state index is 5.40. The van der Waals surface area contributed by atoms with Crippen molar-refractivity contribution < 1.29 is 9.47 Å². The predicted octanol–water partition coefficient (Wildman–Crippen LogP) is 3.77. The summed E-state index contributed by atoms with van der Waals surface area (Å²) < 4.78 is 10.7. The van der Waals surface area contributed by atoms with Crippen LogP contribution in [-0.2, 0) is 0 Å². The molecule has 1 atom stereocenters. The lowest BCUT2D eigenvalue weighted by Gasteiger charge is -2.20. The third kappa shape index (κ3) is 2.97. The number of thiophene rings is 1. The average molecular weight is 291 g/mol. The van der Waals surface area contributed by atoms with Crippen LogP contribution < -0.4 is 14.8 Å². The molecule has 0 aliphatic carbocycles. The second-order valence-electron chi connectivity index (χ2n) is 4.62. The van der Waals surface area contributed by atoms with E-state index in [0.717, 1.165) is 18.0 Å². The van der Waals surface area contributed by atoms with Crippen LogP contribution in [0.25, 0.3) is 0 Å². The van der Waals surface area contributed by atoms with E-state index in [4.69, 9.17) is 9.47 Å². The monoisotopic (exact) mass is 291 g/mol. The van der Waals surface area contributed by atoms with Crippen molar-refractivity contribution in [2.24, 2.45) is 0 Å². The summed E-state index contributed by atoms with van der Waals surface area (Å²) in [4.78, 5) is 0. The van der Waals surface area contributed by atoms with Crippen molar-refractivity contribution in [1.82, 2.24) is 5.32 Å². The number of hydrogen-bond donors (Lipinski definition) is 1. The van der Waals surface area contributed by atoms with Crippen LogP contribution in [0, 0.1) is 6.92 Å². The molecule has 1 N–H and O–H groups in total. The van der Waals surface area contributed by atoms with Gasteiger partial charge in [-0.05, 0) is 53.1 Å². The topological polar surface area (TPSA) is 30.5 Å². The molecule has 2 rings (SSSR count). The van der Waals surface area contributed by atoms with Crippen LogP contribution in [0.5, 0.6) is 11.5 Å². The number of ether oxygens (including phenoxy) is 2. The molecule has 1 heterocycles. The van der Waals surface area contributed by atoms with E-state index < -0.39 is 0 Å². The summed E-state index contributed by atoms with van der Waals surface area (Å²) in [5.74, 6) is 1.52. The van der Waals surface area contributed by atoms with E-state index in [0.29, 0.717) is 0 Å². The standard InChI is InChI=1S/C16H21NO2S/c1-5-17-16(13-10-20-9-11(13)2)12-6-7-14(18-3)15(8-12)19-4/h6-10,16-17H,5H2,1-4H3. The fraction of sp³-hybridized carbons (Fsp3) is 0.375. The Balaban J connectivity index is 2.42. The first kappa shape index (κ1) is 14.9. The number of rotatable bonds is 6. The van der Waals surface area contributed by atoms with Crippen LogP contribution in [0.15, 0.2) is 29.0 Å². The Morgan fingerprint density at radius 3 is 2.45 bits per heavy atom. The van der Waals surface area contributed by atoms with E-state index in [1.165, 1.54) is 16.7 Å². The summed E-state index contributed by atoms with van der Waals surface area (Å²) in [5.41, 5.74) is 3.82. The van der Waals surface area contributed by atoms with E-state index in [-0.39, 0.29) is 6.04 Å². The minimum absolute atomic E-state index is 0.186. The lowest BCUT2D eigenvalue weighted by molar-refractivity contribution is 0.354. The number of aryl methyl sites for hydroxylation is 1. The summed E-state index contributed by atoms with van der Waals surface area (Å²) in [6.07, 6.45) is 0. The highest BCUT2D eigenvalue weighted by Gasteiger charge is 2.17. The molecule has 108 valence electrons. The van der Waals surface area contributed by atoms with E-state index in [1.54, 1.807) is 25.6 Å². The van der Waals surface area contributed by atoms with Gasteiger partial charge >= 0.3 is 0 Å². The van der Waals surface area contributed by atoms with Crippen LogP contribution in [0.2, 0.25) is 0 Å². The SMILES string of the molecule is CCNC(c1ccc(OC)c(OC)c1)c1cscc1C. The van der Waals surface area contributed by atoms with Gasteiger partial charge in [0.2, 0.25) is 0 Å². The molecular weight excluding hydrogens is 270 g/mol. The van der Waals surface area contributed by atoms with Crippen molar-refractivity contribution in [1.29, 1.82) is 0 Å². The Morgan fingerprint density at radius 1 is 1.15 bits per heavy atom. The van der Waals surface area contributed by atoms with E-state index in [2.05, 4.69) is 36.0 Å². The van der Waals surface area contributed by atoms with Gasteiger partial charge in [0.1, 0.15) is 0 Å². The summed E-state index contributed by atoms with van der Waals surface area (Å²) in [5, 5.41) is 7.93. The zero-order valence-electron chi connectivity index (χ0n) is 12.4. The van der Waals surface area contributed by atoms with Crippen LogP contribution in [0.1, 0.15) is 29.7 Å². The average Bonchev–Trinajstić information content (AvgIpc) is 2.90. The van der Waals surface area contributed by atoms with E-state index in [1.807, 2.05) is 12.1 Å². The normalized spacial score (nSPS) is 12.2. The Labute approximate surface area is 124 Å². The lowest BCUT2D eigenvalue weighted by atomic mass is 9.98. The van der Waals surface area contributed by atoms with Crippen molar-refractivity contribution in [3.63, 3.8) is 0 Å². The molecule has 1 unspecified atom stereocenters. The number of hydrogen-bond acceptors (Lipinski definition) is 4. The molecule has 0 aliphatic rings. The molecule has 3 nitrogen and oxygen atoms in total. The molecule has 0 fully saturated rings. The molecule has 0 spiro atoms. The molecule has 2 aromatic rings. The van der Waals surface area contributed by atoms with Gasteiger partial charge in [0, 0.05) is 0 Å². The second kappa shape index (κ2) is 6.77. The fourth-order valence-corrected chi connectivity index (χ4v) is 3.19. The Kier molecular flexibility index (Phi) is 5.04. The molecule has 0 saturated heterocycles. The zero-order valence-corrected chi connectivity index (χ0v) is 13.2. The van der Waals surface area contributed by atoms with Gasteiger partial charge < -0.3 is 14.8 Å². The smallest absolute Gasteiger partial charge is 0.161 e. The van der Waals surface area contributed by atoms with Crippen molar-refractivity contribution in [2.75, 3.05) is 20.8 Å². The molecule has 0 radical (unpaired) electrons. The van der Waals surface area contributed by atoms with Crippen LogP contribution in [0.3, 0.4) is 0 Å². The van der Waals surface area contributed by atoms with Gasteiger partial charge in [-0.25, -0.2) is 0 Å². The van der Waals surface area contributed by atoms with Crippen molar-refractivity contribution in [2.45, 2.75) is 19.9 Å². The van der Waals surface area contributed by atoms with Crippen molar-refractivity contribution >= 4 is 11.3 Å². The summed E-state index contributed by atoms with van der Waals surface area (Å²) in [7, 11) is 3.32. The molecule has 20 heavy (non-hydrogen) atoms. The number of methoxy groups -OCH3 is 2. The molecule has 0 bridgehead atoms. The molecular formula is C16H21NO2S. The molecule has 0 saturated carbocycles. The predicted molar refractivity (Wildman–Crippen MR) is 84.1 cm³/mol. The summed E-state index contributed by atoms with van der Waals surface area (Å²) in [6.45, 7) is 5.18. The maximum absolute atomic E-state index is 5.40. The van der Waals surface area contributed by atoms with Gasteiger partial charge in [0.15, 0.2) is 11.5 Å². The van der Waals surface area contributed by atoms with Gasteiger partial charge in [0.05, 0.1) is 20.3 Å². The van der Waals surface area contributed by atoms with E-state index in [9.17, 15) is 0 Å². The Bertz CT molecular complexity index is 565. The first-order chi connectivity index (χ1) is 9.71. The first-order valence-corrected chi connectivity index (χ1v) is 7.63. The summed E-state index contributed by atoms with van der Waals surface area (Å²) >= 11 is 1.74. The molecule has 0 amide bonds. The molecule has 4 heteroatoms. The largest absolute Gasteiger partial charge is 0.493 e. The quantitative estimate of drug-likeness (QED) is 0.878. The fourth-order valence-electron chi connectivity index (χ4n) is 2.31. The van der Waals surface area contributed by atoms with E-state index >= 15 is 0 Å². The zero-order chi connectivity index (χ0) is 14.5. The minimum atomic E-state index is 0.186. The highest BCUT2D eigenvalue weighted by atomic mass is 32.1. The highest BCUT2D eigenvalue weighted by molar-refractivity contribution is 7.08. The molecule has 0 aliphatic heterocycles. The number of benzene rings is 1. The third-order valence-electron chi connectivity index (χ3n) is 3.36. The molecule has 1 aromatic heterocycles. The Morgan fingerprint density at radius 2 is 1.90 bits per heavy atom. The van der Waals surface area contributed by atoms with Gasteiger partial charge in [-0.15, -0.1) is 0 Å². The van der Waals surface area contributed by atoms with Gasteiger partial charge in [-0.2, -0.15) is 11.3 Å². The van der Waals surface area contributed by atoms with Crippen LogP contribution in [0.4, 0.5) is 0 Å². The number of nitrogens with one attached hydrogen (secondary N) is 1. The highest BCUT2D eigenvalue weighted by Crippen LogP contribution is 2.34. The molecule has 1 aromatic carbocycles. The van der Waals surface area contributed by atoms with Crippen molar-refractivity contribution in [3.05, 3.63) is 45.6 Å². The minimum Gasteiger partial charge on any atom is -0.493 e. The lowest BCUT2D eigenvalue weighted by Crippen LogP contribution is -2.22. The second-order valence-corrected chi connectivity index (χ2v) is 5.36. The van der Waals surface area contributed by atoms with Gasteiger partial charge in [-0.1, -0.05) is 13.0 Å². The van der Waals surface area contributed by atoms with Crippen LogP contribution >= 0.6 is 11.3 Å². The van der Waals surface area contributed by atoms with Crippen LogP contribution in [-0.4, -0.2) is 20.8 Å². The first-order valence-electron chi connectivity index (χ1n) is 6.69. The van der Waals surface area contributed by atoms with Gasteiger partial charge in [-0.3, -0.25) is 0 Å². The van der Waals surface area contributed by atoms with Gasteiger partial charge in [0.25, 0.3) is 0 Å². The Hall–Kier alpha value is -1.52. The maximum Gasteiger partial charge on any atom is 0.161 e.